The molecule has 746 valence electrons. The fraction of sp³-hybridized carbons (Fsp3) is 0.565. The number of nitrogens with two attached hydrogens (primary N) is 5. The van der Waals surface area contributed by atoms with Gasteiger partial charge in [-0.3, -0.25) is 9.89 Å². The molecule has 20 atom stereocenters. The highest BCUT2D eigenvalue weighted by atomic mass is 127. The number of aliphatic hydroxyl groups is 6. The predicted molar refractivity (Wildman–Crippen MR) is 498 cm³/mol. The number of hydrogen-bond acceptors (Lipinski definition) is 36. The molecule has 5 aliphatic heterocycles. The topological polar surface area (TPSA) is 582 Å². The van der Waals surface area contributed by atoms with Gasteiger partial charge in [0.2, 0.25) is 28.4 Å². The minimum Gasteiger partial charge on any atom is -0.471 e. The summed E-state index contributed by atoms with van der Waals surface area (Å²) in [6.07, 6.45) is -17.0. The highest BCUT2D eigenvalue weighted by molar-refractivity contribution is 14.1. The Morgan fingerprint density at radius 2 is 0.701 bits per heavy atom. The maximum absolute atomic E-state index is 16.4. The molecule has 5 fully saturated rings. The number of aromatic amines is 1. The number of aliphatic hydroxyl groups excluding tert-OH is 6. The normalized spacial score (nSPS) is 25.7. The Morgan fingerprint density at radius 3 is 1.04 bits per heavy atom. The number of fused-ring (bicyclic) bond motifs is 5. The Bertz CT molecular complexity index is 6070. The van der Waals surface area contributed by atoms with Gasteiger partial charge in [0.25, 0.3) is 11.4 Å². The zero-order chi connectivity index (χ0) is 99.4. The first-order valence-electron chi connectivity index (χ1n) is 44.5. The third-order valence-corrected chi connectivity index (χ3v) is 38.1. The molecule has 2 aromatic carbocycles. The molecule has 0 bridgehead atoms. The summed E-state index contributed by atoms with van der Waals surface area (Å²) in [7, 11) is -4.68. The van der Waals surface area contributed by atoms with Gasteiger partial charge in [-0.1, -0.05) is 158 Å². The number of halogens is 8. The van der Waals surface area contributed by atoms with Crippen LogP contribution in [0.4, 0.5) is 59.8 Å². The number of benzene rings is 2. The highest BCUT2D eigenvalue weighted by Crippen LogP contribution is 2.51. The Labute approximate surface area is 795 Å². The highest BCUT2D eigenvalue weighted by Gasteiger charge is 2.58. The van der Waals surface area contributed by atoms with E-state index in [4.69, 9.17) is 80.9 Å². The predicted octanol–water partition coefficient (Wildman–Crippen LogP) is 9.88. The fourth-order valence-electron chi connectivity index (χ4n) is 18.7. The van der Waals surface area contributed by atoms with Crippen LogP contribution in [-0.2, 0) is 45.8 Å². The largest absolute Gasteiger partial charge is 0.471 e. The zero-order valence-electron chi connectivity index (χ0n) is 77.3. The van der Waals surface area contributed by atoms with Gasteiger partial charge in [-0.2, -0.15) is 13.9 Å². The number of nitrogens with zero attached hydrogens (tertiary/aromatic N) is 19. The van der Waals surface area contributed by atoms with Crippen molar-refractivity contribution < 1.29 is 108 Å². The number of anilines is 5. The molecule has 0 saturated carbocycles. The molecule has 17 N–H and O–H groups in total. The molecule has 52 heteroatoms. The number of nitrogens with one attached hydrogen (secondary N) is 1. The van der Waals surface area contributed by atoms with E-state index in [9.17, 15) is 47.2 Å². The molecule has 0 spiro atoms. The lowest BCUT2D eigenvalue weighted by Gasteiger charge is -2.44. The van der Waals surface area contributed by atoms with Crippen molar-refractivity contribution in [2.24, 2.45) is 0 Å². The summed E-state index contributed by atoms with van der Waals surface area (Å²) in [5, 5.41) is 77.2. The lowest BCUT2D eigenvalue weighted by Crippen LogP contribution is -2.53. The summed E-state index contributed by atoms with van der Waals surface area (Å²) in [5.74, 6) is 0.235. The summed E-state index contributed by atoms with van der Waals surface area (Å²) in [5.41, 5.74) is 33.7. The summed E-state index contributed by atoms with van der Waals surface area (Å²) < 4.78 is 165. The molecule has 42 nitrogen and oxygen atoms in total. The van der Waals surface area contributed by atoms with Crippen molar-refractivity contribution in [2.75, 3.05) is 48.5 Å². The van der Waals surface area contributed by atoms with Gasteiger partial charge in [0.05, 0.1) is 37.4 Å². The molecule has 137 heavy (non-hydrogen) atoms. The van der Waals surface area contributed by atoms with Crippen LogP contribution in [0.15, 0.2) is 97.1 Å². The van der Waals surface area contributed by atoms with E-state index >= 15 is 8.78 Å². The first-order chi connectivity index (χ1) is 65.2. The van der Waals surface area contributed by atoms with Gasteiger partial charge >= 0.3 is 6.61 Å². The van der Waals surface area contributed by atoms with Gasteiger partial charge in [0.1, 0.15) is 148 Å². The summed E-state index contributed by atoms with van der Waals surface area (Å²) in [6.45, 7) is 25.8. The zero-order valence-corrected chi connectivity index (χ0v) is 81.4. The second kappa shape index (κ2) is 43.9. The average molecular weight is 2080 g/mol. The summed E-state index contributed by atoms with van der Waals surface area (Å²) >= 11 is 1.94. The van der Waals surface area contributed by atoms with Crippen LogP contribution in [0.25, 0.3) is 55.2 Å². The van der Waals surface area contributed by atoms with Crippen molar-refractivity contribution in [1.82, 2.24) is 98.7 Å². The van der Waals surface area contributed by atoms with Crippen LogP contribution in [0.5, 0.6) is 17.6 Å². The van der Waals surface area contributed by atoms with Crippen LogP contribution in [0, 0.1) is 3.70 Å². The number of rotatable bonds is 28. The van der Waals surface area contributed by atoms with Crippen molar-refractivity contribution in [3.05, 3.63) is 117 Å². The third-order valence-electron chi connectivity index (χ3n) is 25.2. The molecule has 0 amide bonds. The first-order valence-corrected chi connectivity index (χ1v) is 49.9. The Balaban J connectivity index is 0.000000147. The maximum Gasteiger partial charge on any atom is 0.388 e. The van der Waals surface area contributed by atoms with Gasteiger partial charge in [-0.05, 0) is 79.8 Å². The van der Waals surface area contributed by atoms with Crippen molar-refractivity contribution in [3.8, 4) is 17.6 Å². The smallest absolute Gasteiger partial charge is 0.388 e. The number of nitrogen functional groups attached to an aromatic ring is 5. The Morgan fingerprint density at radius 1 is 0.409 bits per heavy atom. The van der Waals surface area contributed by atoms with E-state index in [1.54, 1.807) is 0 Å². The number of hydrogen-bond donors (Lipinski definition) is 12. The van der Waals surface area contributed by atoms with E-state index in [1.807, 2.05) is 97.1 Å². The molecule has 12 aromatic rings. The van der Waals surface area contributed by atoms with Crippen LogP contribution in [0.3, 0.4) is 0 Å². The van der Waals surface area contributed by atoms with Crippen molar-refractivity contribution >= 4 is 123 Å². The first kappa shape index (κ1) is 104. The summed E-state index contributed by atoms with van der Waals surface area (Å²) in [4.78, 5) is 52.3. The van der Waals surface area contributed by atoms with Crippen LogP contribution in [0.1, 0.15) is 152 Å². The minimum absolute atomic E-state index is 0.0547. The van der Waals surface area contributed by atoms with Gasteiger partial charge in [-0.25, -0.2) is 95.2 Å². The van der Waals surface area contributed by atoms with E-state index in [1.165, 1.54) is 39.4 Å². The lowest BCUT2D eigenvalue weighted by atomic mass is 10.1. The van der Waals surface area contributed by atoms with E-state index in [0.717, 1.165) is 26.8 Å². The molecule has 5 saturated heterocycles. The summed E-state index contributed by atoms with van der Waals surface area (Å²) in [6, 6.07) is 19.2. The molecule has 0 aliphatic carbocycles. The standard InChI is InChI=1S/C27H40FN5O3Si.C20H34FN5O3Si.C17H18FN5O4.C11H12F3N5O4.C10H11FIN5O3/c1-8-20-23(36-37(16(2)3,17(4)5)18(6)7)22(28)27(35-20)33-25-21(24(29)30-15-31-25)26(32-33)34-14-19-12-10-9-11-13-19;1-8-13-16(29-30(10(2)3,11(4)5)12(6)7)15(21)20(28-13)26-18-14(19(27)25-26)17(22)23-9-24-18;18-12-13(25)10(6-24)27-17(12)23-15-11(14(19)20-8-21-15)16(22-23)26-7-9-4-2-1-3-5-9;12-5-6(21)3(1-20)22-10(5)19-8-4(7(15)16-2-17-8)9(18-19)23-11(13)14;11-5-6(19)3(1-18)20-10(5)17-9-4(7(12)16-17)8(13)14-2-15-9/h9-13,15-18,20,22-23,27H,8,14H2,1-7H3,(H2,29,30,31);9-13,15-16,20H,8H2,1-7H3,(H,25,27)(H2,22,23,24);1-5,8,10,12-13,17,24-25H,6-7H2,(H2,19,20,21);2-3,5-6,10-11,20-21H,1H2,(H2,15,16,17);2-3,5-6,10,18-19H,1H2,(H2,13,14,15)/t20-,22+,23-,27-;13-,15+,16-,20-;10-,12+,13-,17-;2*3-,5+,6-,10-/m11111/s1. The van der Waals surface area contributed by atoms with Crippen LogP contribution < -0.4 is 48.4 Å². The third kappa shape index (κ3) is 20.5. The van der Waals surface area contributed by atoms with Gasteiger partial charge in [0.15, 0.2) is 90.2 Å². The van der Waals surface area contributed by atoms with Gasteiger partial charge in [0, 0.05) is 0 Å². The second-order valence-corrected chi connectivity index (χ2v) is 47.0. The molecular formula is C85H115F7IN25O17Si2. The van der Waals surface area contributed by atoms with E-state index < -0.39 is 178 Å². The van der Waals surface area contributed by atoms with Crippen LogP contribution in [0.2, 0.25) is 33.2 Å². The average Bonchev–Trinajstić information content (AvgIpc) is 1.58. The van der Waals surface area contributed by atoms with Gasteiger partial charge in [-0.15, -0.1) is 15.3 Å². The van der Waals surface area contributed by atoms with Crippen LogP contribution >= 0.6 is 22.6 Å². The molecule has 5 aliphatic rings. The van der Waals surface area contributed by atoms with E-state index in [-0.39, 0.29) is 81.8 Å². The molecule has 0 unspecified atom stereocenters. The fourth-order valence-corrected chi connectivity index (χ4v) is 30.6. The molecule has 0 radical (unpaired) electrons. The maximum atomic E-state index is 16.4. The van der Waals surface area contributed by atoms with Crippen molar-refractivity contribution in [3.63, 3.8) is 0 Å². The molecule has 15 heterocycles. The number of H-pyrrole nitrogens is 1. The molecule has 10 aromatic heterocycles. The number of aromatic nitrogens is 20. The van der Waals surface area contributed by atoms with Crippen LogP contribution in [-0.4, -0.2) is 264 Å². The molecular weight excluding hydrogens is 1960 g/mol. The number of ether oxygens (including phenoxy) is 8. The monoisotopic (exact) mass is 2070 g/mol. The number of alkyl halides is 7. The quantitative estimate of drug-likeness (QED) is 0.0123. The van der Waals surface area contributed by atoms with Crippen molar-refractivity contribution in [2.45, 2.75) is 286 Å². The second-order valence-electron chi connectivity index (χ2n) is 35.2. The Kier molecular flexibility index (Phi) is 33.3. The van der Waals surface area contributed by atoms with Gasteiger partial charge < -0.3 is 106 Å². The van der Waals surface area contributed by atoms with E-state index in [2.05, 4.69) is 163 Å². The lowest BCUT2D eigenvalue weighted by molar-refractivity contribution is -0.0602. The Hall–Kier alpha value is -10.5. The van der Waals surface area contributed by atoms with Crippen molar-refractivity contribution in [1.29, 1.82) is 0 Å². The van der Waals surface area contributed by atoms with E-state index in [0.29, 0.717) is 77.2 Å². The minimum atomic E-state index is -3.19. The molecule has 17 rings (SSSR count). The SMILES string of the molecule is CC[C@H]1O[C@@H](n2[nH]c(=O)c3c(N)ncnc32)[C@@H](F)[C@@H]1O[Si](C(C)C)(C(C)C)C(C)C.CC[C@H]1O[C@@H](n2nc(OCc3ccccc3)c3c(N)ncnc32)[C@@H](F)[C@@H]1O[Si](C(C)C)(C(C)C)C(C)C.Nc1ncnc2c1c(I)nn2[C@@H]1O[C@H](CO)[C@@H](O)[C@@H]1F.Nc1ncnc2c1c(OC(F)F)nn2[C@@H]1O[C@H](CO)[C@@H](O)[C@@H]1F.Nc1ncnc2c1c(OCc1ccccc1)nn2[C@@H]1O[C@H](CO)[C@@H](O)[C@@H]1F.